The first-order valence-corrected chi connectivity index (χ1v) is 8.35. The van der Waals surface area contributed by atoms with Crippen molar-refractivity contribution in [1.82, 2.24) is 0 Å². The highest BCUT2D eigenvalue weighted by Gasteiger charge is 2.46. The van der Waals surface area contributed by atoms with Crippen molar-refractivity contribution in [3.05, 3.63) is 24.3 Å². The molecule has 1 aliphatic heterocycles. The van der Waals surface area contributed by atoms with Crippen LogP contribution in [0.1, 0.15) is 13.3 Å². The van der Waals surface area contributed by atoms with Gasteiger partial charge in [0.1, 0.15) is 0 Å². The van der Waals surface area contributed by atoms with Gasteiger partial charge in [-0.3, -0.25) is 0 Å². The highest BCUT2D eigenvalue weighted by molar-refractivity contribution is 7.92. The molecule has 1 aromatic carbocycles. The number of rotatable bonds is 2. The standard InChI is InChI=1S/C13H15ClF3NO2S/c1-9-6-7-18(8-12(9)14)10-2-4-11(5-3-10)21(19,20)13(15,16)17/h2-5,9,12H,6-8H2,1H3. The van der Waals surface area contributed by atoms with Crippen LogP contribution in [0, 0.1) is 5.92 Å². The Kier molecular flexibility index (Phi) is 4.44. The van der Waals surface area contributed by atoms with Crippen molar-refractivity contribution in [2.75, 3.05) is 18.0 Å². The Hall–Kier alpha value is -0.950. The highest BCUT2D eigenvalue weighted by Crippen LogP contribution is 2.32. The van der Waals surface area contributed by atoms with Gasteiger partial charge in [-0.1, -0.05) is 6.92 Å². The van der Waals surface area contributed by atoms with Crippen LogP contribution in [0.3, 0.4) is 0 Å². The first kappa shape index (κ1) is 16.4. The normalized spacial score (nSPS) is 24.1. The third-order valence-corrected chi connectivity index (χ3v) is 5.75. The monoisotopic (exact) mass is 341 g/mol. The molecular weight excluding hydrogens is 327 g/mol. The quantitative estimate of drug-likeness (QED) is 0.773. The van der Waals surface area contributed by atoms with Crippen LogP contribution in [0.15, 0.2) is 29.2 Å². The lowest BCUT2D eigenvalue weighted by molar-refractivity contribution is -0.0436. The molecule has 1 heterocycles. The summed E-state index contributed by atoms with van der Waals surface area (Å²) in [7, 11) is -5.29. The second kappa shape index (κ2) is 5.68. The average Bonchev–Trinajstić information content (AvgIpc) is 2.41. The summed E-state index contributed by atoms with van der Waals surface area (Å²) >= 11 is 6.19. The van der Waals surface area contributed by atoms with E-state index in [1.807, 2.05) is 11.8 Å². The first-order valence-electron chi connectivity index (χ1n) is 6.43. The minimum atomic E-state index is -5.29. The fourth-order valence-corrected chi connectivity index (χ4v) is 3.28. The second-order valence-electron chi connectivity index (χ2n) is 5.17. The van der Waals surface area contributed by atoms with Gasteiger partial charge in [0.2, 0.25) is 0 Å². The Labute approximate surface area is 126 Å². The van der Waals surface area contributed by atoms with Crippen LogP contribution in [0.5, 0.6) is 0 Å². The van der Waals surface area contributed by atoms with Crippen molar-refractivity contribution >= 4 is 27.1 Å². The highest BCUT2D eigenvalue weighted by atomic mass is 35.5. The van der Waals surface area contributed by atoms with Gasteiger partial charge in [0, 0.05) is 18.8 Å². The van der Waals surface area contributed by atoms with Gasteiger partial charge in [-0.05, 0) is 36.6 Å². The molecule has 1 aliphatic rings. The molecule has 0 aliphatic carbocycles. The van der Waals surface area contributed by atoms with Crippen LogP contribution < -0.4 is 4.90 Å². The molecule has 8 heteroatoms. The van der Waals surface area contributed by atoms with Crippen molar-refractivity contribution < 1.29 is 21.6 Å². The van der Waals surface area contributed by atoms with Gasteiger partial charge >= 0.3 is 5.51 Å². The molecule has 118 valence electrons. The van der Waals surface area contributed by atoms with E-state index in [0.29, 0.717) is 18.2 Å². The summed E-state index contributed by atoms with van der Waals surface area (Å²) < 4.78 is 59.9. The number of hydrogen-bond donors (Lipinski definition) is 0. The van der Waals surface area contributed by atoms with E-state index in [2.05, 4.69) is 0 Å². The molecule has 0 saturated carbocycles. The number of halogens is 4. The Morgan fingerprint density at radius 1 is 1.24 bits per heavy atom. The fourth-order valence-electron chi connectivity index (χ4n) is 2.23. The van der Waals surface area contributed by atoms with E-state index >= 15 is 0 Å². The van der Waals surface area contributed by atoms with Gasteiger partial charge in [-0.2, -0.15) is 13.2 Å². The molecule has 0 N–H and O–H groups in total. The number of piperidine rings is 1. The smallest absolute Gasteiger partial charge is 0.370 e. The zero-order valence-electron chi connectivity index (χ0n) is 11.3. The molecule has 0 aromatic heterocycles. The van der Waals surface area contributed by atoms with E-state index < -0.39 is 20.2 Å². The predicted octanol–water partition coefficient (Wildman–Crippen LogP) is 3.43. The third-order valence-electron chi connectivity index (χ3n) is 3.68. The number of alkyl halides is 4. The number of anilines is 1. The number of nitrogens with zero attached hydrogens (tertiary/aromatic N) is 1. The van der Waals surface area contributed by atoms with E-state index in [9.17, 15) is 21.6 Å². The van der Waals surface area contributed by atoms with Gasteiger partial charge in [-0.25, -0.2) is 8.42 Å². The van der Waals surface area contributed by atoms with Crippen molar-refractivity contribution in [2.45, 2.75) is 29.1 Å². The number of benzene rings is 1. The average molecular weight is 342 g/mol. The van der Waals surface area contributed by atoms with E-state index in [1.54, 1.807) is 0 Å². The zero-order valence-corrected chi connectivity index (χ0v) is 12.8. The summed E-state index contributed by atoms with van der Waals surface area (Å²) in [5.74, 6) is 0.382. The van der Waals surface area contributed by atoms with E-state index in [1.165, 1.54) is 12.1 Å². The molecule has 1 saturated heterocycles. The van der Waals surface area contributed by atoms with Crippen LogP contribution in [0.2, 0.25) is 0 Å². The van der Waals surface area contributed by atoms with Gasteiger partial charge in [0.15, 0.2) is 0 Å². The summed E-state index contributed by atoms with van der Waals surface area (Å²) in [5.41, 5.74) is -4.61. The van der Waals surface area contributed by atoms with Crippen molar-refractivity contribution in [2.24, 2.45) is 5.92 Å². The summed E-state index contributed by atoms with van der Waals surface area (Å²) in [5, 5.41) is -0.0302. The molecule has 2 unspecified atom stereocenters. The second-order valence-corrected chi connectivity index (χ2v) is 7.67. The molecule has 1 aromatic rings. The number of hydrogen-bond acceptors (Lipinski definition) is 3. The van der Waals surface area contributed by atoms with Gasteiger partial charge in [-0.15, -0.1) is 11.6 Å². The summed E-state index contributed by atoms with van der Waals surface area (Å²) in [4.78, 5) is 1.20. The topological polar surface area (TPSA) is 37.4 Å². The summed E-state index contributed by atoms with van der Waals surface area (Å²) in [6.45, 7) is 3.39. The Balaban J connectivity index is 2.21. The Morgan fingerprint density at radius 3 is 2.29 bits per heavy atom. The molecule has 0 spiro atoms. The first-order chi connectivity index (χ1) is 9.63. The minimum absolute atomic E-state index is 0.0302. The summed E-state index contributed by atoms with van der Waals surface area (Å²) in [6, 6.07) is 4.75. The van der Waals surface area contributed by atoms with Crippen LogP contribution in [-0.4, -0.2) is 32.4 Å². The molecular formula is C13H15ClF3NO2S. The maximum absolute atomic E-state index is 12.5. The maximum atomic E-state index is 12.5. The van der Waals surface area contributed by atoms with Crippen molar-refractivity contribution in [1.29, 1.82) is 0 Å². The minimum Gasteiger partial charge on any atom is -0.370 e. The van der Waals surface area contributed by atoms with Crippen molar-refractivity contribution in [3.8, 4) is 0 Å². The maximum Gasteiger partial charge on any atom is 0.501 e. The largest absolute Gasteiger partial charge is 0.501 e. The lowest BCUT2D eigenvalue weighted by Gasteiger charge is -2.35. The third kappa shape index (κ3) is 3.29. The Morgan fingerprint density at radius 2 is 1.81 bits per heavy atom. The molecule has 0 bridgehead atoms. The van der Waals surface area contributed by atoms with Crippen LogP contribution in [0.4, 0.5) is 18.9 Å². The fraction of sp³-hybridized carbons (Fsp3) is 0.538. The molecule has 21 heavy (non-hydrogen) atoms. The summed E-state index contributed by atoms with van der Waals surface area (Å²) in [6.07, 6.45) is 0.886. The van der Waals surface area contributed by atoms with Crippen molar-refractivity contribution in [3.63, 3.8) is 0 Å². The molecule has 0 radical (unpaired) electrons. The molecule has 2 rings (SSSR count). The van der Waals surface area contributed by atoms with Crippen LogP contribution in [-0.2, 0) is 9.84 Å². The lowest BCUT2D eigenvalue weighted by atomic mass is 9.98. The number of sulfone groups is 1. The lowest BCUT2D eigenvalue weighted by Crippen LogP contribution is -2.40. The molecule has 1 fully saturated rings. The van der Waals surface area contributed by atoms with E-state index in [-0.39, 0.29) is 5.38 Å². The van der Waals surface area contributed by atoms with Crippen LogP contribution in [0.25, 0.3) is 0 Å². The Bertz CT molecular complexity index is 601. The zero-order chi connectivity index (χ0) is 15.8. The molecule has 0 amide bonds. The van der Waals surface area contributed by atoms with E-state index in [4.69, 9.17) is 11.6 Å². The van der Waals surface area contributed by atoms with Gasteiger partial charge in [0.25, 0.3) is 9.84 Å². The predicted molar refractivity (Wildman–Crippen MR) is 75.3 cm³/mol. The van der Waals surface area contributed by atoms with Crippen LogP contribution >= 0.6 is 11.6 Å². The molecule has 2 atom stereocenters. The molecule has 3 nitrogen and oxygen atoms in total. The SMILES string of the molecule is CC1CCN(c2ccc(S(=O)(=O)C(F)(F)F)cc2)CC1Cl. The van der Waals surface area contributed by atoms with Gasteiger partial charge < -0.3 is 4.90 Å². The van der Waals surface area contributed by atoms with Gasteiger partial charge in [0.05, 0.1) is 10.3 Å². The van der Waals surface area contributed by atoms with E-state index in [0.717, 1.165) is 25.1 Å².